The summed E-state index contributed by atoms with van der Waals surface area (Å²) in [4.78, 5) is 0. The monoisotopic (exact) mass is 210 g/mol. The molecule has 78 valence electrons. The fourth-order valence-corrected chi connectivity index (χ4v) is 1.02. The molecular weight excluding hydrogens is 192 g/mol. The van der Waals surface area contributed by atoms with Crippen LogP contribution in [0.25, 0.3) is 0 Å². The van der Waals surface area contributed by atoms with Crippen LogP contribution in [0, 0.1) is 23.7 Å². The van der Waals surface area contributed by atoms with Gasteiger partial charge in [-0.1, -0.05) is 45.0 Å². The van der Waals surface area contributed by atoms with Gasteiger partial charge in [-0.15, -0.1) is 11.6 Å². The number of hydrogen-bond donors (Lipinski definition) is 0. The minimum Gasteiger partial charge on any atom is -0.109 e. The standard InChI is InChI=1S/C13H19Cl/c1-3-5-6-7-8-9-10-11-12-13(14)4-2/h13H,3-8H2,1-2H3. The Hall–Kier alpha value is -0.590. The normalized spacial score (nSPS) is 10.8. The summed E-state index contributed by atoms with van der Waals surface area (Å²) in [6, 6.07) is 0. The first-order valence-electron chi connectivity index (χ1n) is 5.43. The zero-order valence-electron chi connectivity index (χ0n) is 9.20. The number of unbranched alkanes of at least 4 members (excludes halogenated alkanes) is 4. The van der Waals surface area contributed by atoms with Gasteiger partial charge >= 0.3 is 0 Å². The summed E-state index contributed by atoms with van der Waals surface area (Å²) in [6.45, 7) is 4.23. The van der Waals surface area contributed by atoms with Crippen LogP contribution in [-0.4, -0.2) is 5.38 Å². The van der Waals surface area contributed by atoms with Crippen LogP contribution in [0.15, 0.2) is 0 Å². The average molecular weight is 211 g/mol. The van der Waals surface area contributed by atoms with Crippen LogP contribution in [0.3, 0.4) is 0 Å². The molecule has 0 fully saturated rings. The van der Waals surface area contributed by atoms with Crippen LogP contribution >= 0.6 is 11.6 Å². The molecule has 0 nitrogen and oxygen atoms in total. The maximum Gasteiger partial charge on any atom is 0.0950 e. The van der Waals surface area contributed by atoms with Crippen molar-refractivity contribution >= 4 is 11.6 Å². The maximum atomic E-state index is 5.81. The number of alkyl halides is 1. The Kier molecular flexibility index (Phi) is 10.0. The average Bonchev–Trinajstić information content (AvgIpc) is 2.21. The first kappa shape index (κ1) is 13.4. The van der Waals surface area contributed by atoms with E-state index < -0.39 is 0 Å². The molecule has 0 spiro atoms. The van der Waals surface area contributed by atoms with Crippen molar-refractivity contribution < 1.29 is 0 Å². The Labute approximate surface area is 93.4 Å². The first-order chi connectivity index (χ1) is 6.81. The van der Waals surface area contributed by atoms with Gasteiger partial charge in [0.05, 0.1) is 5.38 Å². The van der Waals surface area contributed by atoms with Gasteiger partial charge in [0.1, 0.15) is 0 Å². The summed E-state index contributed by atoms with van der Waals surface area (Å²) in [7, 11) is 0. The van der Waals surface area contributed by atoms with Crippen molar-refractivity contribution in [2.45, 2.75) is 57.7 Å². The molecule has 0 aliphatic heterocycles. The molecule has 0 aliphatic carbocycles. The van der Waals surface area contributed by atoms with E-state index in [-0.39, 0.29) is 5.38 Å². The molecule has 0 amide bonds. The molecule has 0 rings (SSSR count). The van der Waals surface area contributed by atoms with Crippen molar-refractivity contribution in [1.29, 1.82) is 0 Å². The summed E-state index contributed by atoms with van der Waals surface area (Å²) >= 11 is 5.81. The molecule has 0 heterocycles. The molecule has 1 unspecified atom stereocenters. The van der Waals surface area contributed by atoms with Gasteiger partial charge in [-0.2, -0.15) is 0 Å². The van der Waals surface area contributed by atoms with Crippen molar-refractivity contribution in [1.82, 2.24) is 0 Å². The van der Waals surface area contributed by atoms with E-state index in [2.05, 4.69) is 30.6 Å². The van der Waals surface area contributed by atoms with Gasteiger partial charge in [-0.25, -0.2) is 0 Å². The van der Waals surface area contributed by atoms with Crippen LogP contribution in [0.4, 0.5) is 0 Å². The zero-order chi connectivity index (χ0) is 10.6. The van der Waals surface area contributed by atoms with E-state index >= 15 is 0 Å². The third kappa shape index (κ3) is 9.50. The number of hydrogen-bond acceptors (Lipinski definition) is 0. The lowest BCUT2D eigenvalue weighted by atomic mass is 10.2. The lowest BCUT2D eigenvalue weighted by molar-refractivity contribution is 0.680. The summed E-state index contributed by atoms with van der Waals surface area (Å²) in [5.74, 6) is 11.5. The lowest BCUT2D eigenvalue weighted by Gasteiger charge is -1.91. The number of rotatable bonds is 5. The van der Waals surface area contributed by atoms with E-state index in [4.69, 9.17) is 11.6 Å². The van der Waals surface area contributed by atoms with E-state index in [0.717, 1.165) is 12.8 Å². The molecule has 0 N–H and O–H groups in total. The quantitative estimate of drug-likeness (QED) is 0.366. The van der Waals surface area contributed by atoms with Crippen molar-refractivity contribution in [2.75, 3.05) is 0 Å². The third-order valence-electron chi connectivity index (χ3n) is 1.89. The van der Waals surface area contributed by atoms with Crippen LogP contribution < -0.4 is 0 Å². The SMILES string of the molecule is CCCCCCC#CC#CC(Cl)CC. The molecule has 0 aliphatic rings. The van der Waals surface area contributed by atoms with Crippen molar-refractivity contribution in [3.63, 3.8) is 0 Å². The topological polar surface area (TPSA) is 0 Å². The molecule has 0 saturated carbocycles. The Bertz CT molecular complexity index is 233. The van der Waals surface area contributed by atoms with Crippen molar-refractivity contribution in [3.8, 4) is 23.7 Å². The smallest absolute Gasteiger partial charge is 0.0950 e. The fourth-order valence-electron chi connectivity index (χ4n) is 0.963. The summed E-state index contributed by atoms with van der Waals surface area (Å²) in [5, 5.41) is -0.0376. The summed E-state index contributed by atoms with van der Waals surface area (Å²) in [5.41, 5.74) is 0. The molecule has 1 atom stereocenters. The minimum absolute atomic E-state index is 0.0376. The Morgan fingerprint density at radius 1 is 1.07 bits per heavy atom. The van der Waals surface area contributed by atoms with Gasteiger partial charge in [-0.3, -0.25) is 0 Å². The second-order valence-corrected chi connectivity index (χ2v) is 3.78. The van der Waals surface area contributed by atoms with Gasteiger partial charge in [0, 0.05) is 6.42 Å². The Morgan fingerprint density at radius 2 is 1.86 bits per heavy atom. The van der Waals surface area contributed by atoms with E-state index in [1.165, 1.54) is 25.7 Å². The van der Waals surface area contributed by atoms with E-state index in [0.29, 0.717) is 0 Å². The van der Waals surface area contributed by atoms with Crippen LogP contribution in [0.2, 0.25) is 0 Å². The van der Waals surface area contributed by atoms with Crippen LogP contribution in [0.1, 0.15) is 52.4 Å². The zero-order valence-corrected chi connectivity index (χ0v) is 9.95. The predicted molar refractivity (Wildman–Crippen MR) is 64.2 cm³/mol. The molecule has 0 saturated heterocycles. The highest BCUT2D eigenvalue weighted by atomic mass is 35.5. The van der Waals surface area contributed by atoms with Gasteiger partial charge in [-0.05, 0) is 24.7 Å². The van der Waals surface area contributed by atoms with E-state index in [9.17, 15) is 0 Å². The highest BCUT2D eigenvalue weighted by Crippen LogP contribution is 2.00. The highest BCUT2D eigenvalue weighted by Gasteiger charge is 1.90. The second kappa shape index (κ2) is 10.5. The van der Waals surface area contributed by atoms with Crippen molar-refractivity contribution in [2.24, 2.45) is 0 Å². The molecule has 0 bridgehead atoms. The molecule has 0 aromatic heterocycles. The molecular formula is C13H19Cl. The Balaban J connectivity index is 3.46. The summed E-state index contributed by atoms with van der Waals surface area (Å²) in [6.07, 6.45) is 6.91. The van der Waals surface area contributed by atoms with Crippen molar-refractivity contribution in [3.05, 3.63) is 0 Å². The minimum atomic E-state index is -0.0376. The lowest BCUT2D eigenvalue weighted by Crippen LogP contribution is -1.87. The molecule has 0 aromatic carbocycles. The van der Waals surface area contributed by atoms with E-state index in [1.807, 2.05) is 6.92 Å². The van der Waals surface area contributed by atoms with Crippen LogP contribution in [0.5, 0.6) is 0 Å². The highest BCUT2D eigenvalue weighted by molar-refractivity contribution is 6.22. The Morgan fingerprint density at radius 3 is 2.50 bits per heavy atom. The molecule has 1 heteroatoms. The third-order valence-corrected chi connectivity index (χ3v) is 2.31. The van der Waals surface area contributed by atoms with Crippen LogP contribution in [-0.2, 0) is 0 Å². The second-order valence-electron chi connectivity index (χ2n) is 3.26. The van der Waals surface area contributed by atoms with Gasteiger partial charge in [0.25, 0.3) is 0 Å². The predicted octanol–water partition coefficient (Wildman–Crippen LogP) is 3.98. The molecule has 0 aromatic rings. The maximum absolute atomic E-state index is 5.81. The molecule has 14 heavy (non-hydrogen) atoms. The number of halogens is 1. The fraction of sp³-hybridized carbons (Fsp3) is 0.692. The molecule has 0 radical (unpaired) electrons. The summed E-state index contributed by atoms with van der Waals surface area (Å²) < 4.78 is 0. The first-order valence-corrected chi connectivity index (χ1v) is 5.87. The van der Waals surface area contributed by atoms with Gasteiger partial charge in [0.2, 0.25) is 0 Å². The van der Waals surface area contributed by atoms with Gasteiger partial charge in [0.15, 0.2) is 0 Å². The van der Waals surface area contributed by atoms with Gasteiger partial charge < -0.3 is 0 Å². The van der Waals surface area contributed by atoms with E-state index in [1.54, 1.807) is 0 Å². The largest absolute Gasteiger partial charge is 0.109 e.